The first-order valence-electron chi connectivity index (χ1n) is 7.27. The van der Waals surface area contributed by atoms with Crippen molar-refractivity contribution in [1.29, 1.82) is 0 Å². The summed E-state index contributed by atoms with van der Waals surface area (Å²) in [6.45, 7) is 4.81. The van der Waals surface area contributed by atoms with Gasteiger partial charge in [-0.2, -0.15) is 0 Å². The zero-order chi connectivity index (χ0) is 15.2. The van der Waals surface area contributed by atoms with Gasteiger partial charge in [-0.1, -0.05) is 48.0 Å². The molecule has 3 heteroatoms. The summed E-state index contributed by atoms with van der Waals surface area (Å²) in [5, 5.41) is 14.3. The van der Waals surface area contributed by atoms with Gasteiger partial charge in [-0.15, -0.1) is 0 Å². The van der Waals surface area contributed by atoms with E-state index in [9.17, 15) is 5.11 Å². The van der Waals surface area contributed by atoms with Crippen LogP contribution in [0.2, 0.25) is 5.02 Å². The molecule has 0 aliphatic carbocycles. The number of aliphatic hydroxyl groups is 1. The summed E-state index contributed by atoms with van der Waals surface area (Å²) < 4.78 is 0. The molecule has 0 amide bonds. The Bertz CT molecular complexity index is 568. The second-order valence-corrected chi connectivity index (χ2v) is 5.94. The molecule has 0 aliphatic heterocycles. The van der Waals surface area contributed by atoms with Crippen molar-refractivity contribution >= 4 is 11.6 Å². The van der Waals surface area contributed by atoms with Crippen LogP contribution in [0.4, 0.5) is 0 Å². The van der Waals surface area contributed by atoms with Crippen LogP contribution in [0.5, 0.6) is 0 Å². The molecule has 0 aliphatic rings. The van der Waals surface area contributed by atoms with Crippen LogP contribution < -0.4 is 5.32 Å². The van der Waals surface area contributed by atoms with Crippen LogP contribution in [-0.2, 0) is 6.42 Å². The van der Waals surface area contributed by atoms with Gasteiger partial charge in [-0.05, 0) is 49.1 Å². The first-order valence-corrected chi connectivity index (χ1v) is 7.65. The van der Waals surface area contributed by atoms with Crippen molar-refractivity contribution in [3.05, 3.63) is 70.2 Å². The standard InChI is InChI=1S/C18H22ClNO/c1-13-5-3-4-6-16(13)11-14(2)20-12-18(21)15-7-9-17(19)10-8-15/h3-10,14,18,20-21H,11-12H2,1-2H3/t14-,18+/m1/s1. The average molecular weight is 304 g/mol. The van der Waals surface area contributed by atoms with E-state index in [1.807, 2.05) is 12.1 Å². The molecule has 2 N–H and O–H groups in total. The molecule has 2 aromatic rings. The lowest BCUT2D eigenvalue weighted by molar-refractivity contribution is 0.170. The highest BCUT2D eigenvalue weighted by Crippen LogP contribution is 2.16. The van der Waals surface area contributed by atoms with Crippen molar-refractivity contribution in [2.75, 3.05) is 6.54 Å². The molecule has 0 saturated carbocycles. The van der Waals surface area contributed by atoms with Gasteiger partial charge in [0.05, 0.1) is 6.10 Å². The summed E-state index contributed by atoms with van der Waals surface area (Å²) in [5.74, 6) is 0. The summed E-state index contributed by atoms with van der Waals surface area (Å²) in [5.41, 5.74) is 3.54. The fourth-order valence-corrected chi connectivity index (χ4v) is 2.48. The first kappa shape index (κ1) is 16.0. The Labute approximate surface area is 131 Å². The third kappa shape index (κ3) is 4.85. The van der Waals surface area contributed by atoms with Gasteiger partial charge in [0.2, 0.25) is 0 Å². The zero-order valence-electron chi connectivity index (χ0n) is 12.5. The smallest absolute Gasteiger partial charge is 0.0914 e. The highest BCUT2D eigenvalue weighted by Gasteiger charge is 2.10. The van der Waals surface area contributed by atoms with Gasteiger partial charge in [-0.3, -0.25) is 0 Å². The molecule has 0 spiro atoms. The molecule has 112 valence electrons. The molecule has 0 unspecified atom stereocenters. The van der Waals surface area contributed by atoms with Gasteiger partial charge in [0, 0.05) is 17.6 Å². The molecule has 2 rings (SSSR count). The number of benzene rings is 2. The van der Waals surface area contributed by atoms with E-state index in [2.05, 4.69) is 43.4 Å². The molecule has 0 heterocycles. The third-order valence-corrected chi connectivity index (χ3v) is 3.95. The Hall–Kier alpha value is -1.35. The molecule has 0 bridgehead atoms. The molecule has 0 radical (unpaired) electrons. The number of aryl methyl sites for hydroxylation is 1. The SMILES string of the molecule is Cc1ccccc1C[C@@H](C)NC[C@H](O)c1ccc(Cl)cc1. The Morgan fingerprint density at radius 2 is 1.76 bits per heavy atom. The summed E-state index contributed by atoms with van der Waals surface area (Å²) in [7, 11) is 0. The van der Waals surface area contributed by atoms with E-state index >= 15 is 0 Å². The number of halogens is 1. The highest BCUT2D eigenvalue weighted by molar-refractivity contribution is 6.30. The molecule has 2 atom stereocenters. The van der Waals surface area contributed by atoms with Crippen LogP contribution in [-0.4, -0.2) is 17.7 Å². The van der Waals surface area contributed by atoms with E-state index in [0.717, 1.165) is 12.0 Å². The minimum Gasteiger partial charge on any atom is -0.387 e. The Morgan fingerprint density at radius 3 is 2.43 bits per heavy atom. The van der Waals surface area contributed by atoms with E-state index < -0.39 is 6.10 Å². The monoisotopic (exact) mass is 303 g/mol. The number of aliphatic hydroxyl groups excluding tert-OH is 1. The molecule has 21 heavy (non-hydrogen) atoms. The zero-order valence-corrected chi connectivity index (χ0v) is 13.3. The Kier molecular flexibility index (Phi) is 5.80. The summed E-state index contributed by atoms with van der Waals surface area (Å²) in [4.78, 5) is 0. The van der Waals surface area contributed by atoms with Crippen molar-refractivity contribution in [2.24, 2.45) is 0 Å². The van der Waals surface area contributed by atoms with Crippen molar-refractivity contribution in [2.45, 2.75) is 32.4 Å². The van der Waals surface area contributed by atoms with Crippen LogP contribution >= 0.6 is 11.6 Å². The lowest BCUT2D eigenvalue weighted by atomic mass is 10.0. The van der Waals surface area contributed by atoms with Gasteiger partial charge in [0.15, 0.2) is 0 Å². The fourth-order valence-electron chi connectivity index (χ4n) is 2.36. The van der Waals surface area contributed by atoms with E-state index in [0.29, 0.717) is 17.6 Å². The molecular weight excluding hydrogens is 282 g/mol. The fraction of sp³-hybridized carbons (Fsp3) is 0.333. The predicted molar refractivity (Wildman–Crippen MR) is 88.8 cm³/mol. The average Bonchev–Trinajstić information content (AvgIpc) is 2.48. The molecule has 2 aromatic carbocycles. The van der Waals surface area contributed by atoms with Gasteiger partial charge in [0.1, 0.15) is 0 Å². The summed E-state index contributed by atoms with van der Waals surface area (Å²) in [6, 6.07) is 16.1. The van der Waals surface area contributed by atoms with E-state index in [1.54, 1.807) is 12.1 Å². The second-order valence-electron chi connectivity index (χ2n) is 5.51. The minimum atomic E-state index is -0.512. The van der Waals surface area contributed by atoms with Crippen LogP contribution in [0.25, 0.3) is 0 Å². The van der Waals surface area contributed by atoms with Gasteiger partial charge < -0.3 is 10.4 Å². The molecule has 0 saturated heterocycles. The van der Waals surface area contributed by atoms with Crippen LogP contribution in [0, 0.1) is 6.92 Å². The van der Waals surface area contributed by atoms with Crippen molar-refractivity contribution in [1.82, 2.24) is 5.32 Å². The van der Waals surface area contributed by atoms with Crippen LogP contribution in [0.3, 0.4) is 0 Å². The van der Waals surface area contributed by atoms with Crippen molar-refractivity contribution in [3.63, 3.8) is 0 Å². The topological polar surface area (TPSA) is 32.3 Å². The predicted octanol–water partition coefficient (Wildman–Crippen LogP) is 3.90. The normalized spacial score (nSPS) is 13.9. The maximum Gasteiger partial charge on any atom is 0.0914 e. The minimum absolute atomic E-state index is 0.313. The number of hydrogen-bond donors (Lipinski definition) is 2. The first-order chi connectivity index (χ1) is 10.1. The van der Waals surface area contributed by atoms with Gasteiger partial charge >= 0.3 is 0 Å². The quantitative estimate of drug-likeness (QED) is 0.848. The largest absolute Gasteiger partial charge is 0.387 e. The maximum absolute atomic E-state index is 10.2. The molecular formula is C18H22ClNO. The summed E-state index contributed by atoms with van der Waals surface area (Å²) in [6.07, 6.45) is 0.446. The van der Waals surface area contributed by atoms with E-state index in [4.69, 9.17) is 11.6 Å². The number of nitrogens with one attached hydrogen (secondary N) is 1. The number of rotatable bonds is 6. The molecule has 0 fully saturated rings. The van der Waals surface area contributed by atoms with E-state index in [-0.39, 0.29) is 0 Å². The Balaban J connectivity index is 1.85. The van der Waals surface area contributed by atoms with Crippen LogP contribution in [0.1, 0.15) is 29.7 Å². The van der Waals surface area contributed by atoms with Gasteiger partial charge in [0.25, 0.3) is 0 Å². The van der Waals surface area contributed by atoms with E-state index in [1.165, 1.54) is 11.1 Å². The number of hydrogen-bond acceptors (Lipinski definition) is 2. The van der Waals surface area contributed by atoms with Gasteiger partial charge in [-0.25, -0.2) is 0 Å². The van der Waals surface area contributed by atoms with Crippen molar-refractivity contribution < 1.29 is 5.11 Å². The molecule has 2 nitrogen and oxygen atoms in total. The second kappa shape index (κ2) is 7.60. The Morgan fingerprint density at radius 1 is 1.10 bits per heavy atom. The third-order valence-electron chi connectivity index (χ3n) is 3.70. The maximum atomic E-state index is 10.2. The molecule has 0 aromatic heterocycles. The summed E-state index contributed by atoms with van der Waals surface area (Å²) >= 11 is 5.85. The lowest BCUT2D eigenvalue weighted by Gasteiger charge is -2.18. The van der Waals surface area contributed by atoms with Crippen LogP contribution in [0.15, 0.2) is 48.5 Å². The van der Waals surface area contributed by atoms with Crippen molar-refractivity contribution in [3.8, 4) is 0 Å². The lowest BCUT2D eigenvalue weighted by Crippen LogP contribution is -2.32. The highest BCUT2D eigenvalue weighted by atomic mass is 35.5.